The molecule has 0 bridgehead atoms. The third kappa shape index (κ3) is 4.59. The molecule has 1 fully saturated rings. The second-order valence-corrected chi connectivity index (χ2v) is 6.06. The van der Waals surface area contributed by atoms with Crippen molar-refractivity contribution in [2.45, 2.75) is 38.1 Å². The van der Waals surface area contributed by atoms with Crippen LogP contribution >= 0.6 is 11.6 Å². The number of rotatable bonds is 3. The fourth-order valence-corrected chi connectivity index (χ4v) is 2.71. The van der Waals surface area contributed by atoms with Crippen molar-refractivity contribution in [3.63, 3.8) is 0 Å². The van der Waals surface area contributed by atoms with Crippen LogP contribution in [0.3, 0.4) is 0 Å². The monoisotopic (exact) mass is 350 g/mol. The molecule has 1 heterocycles. The van der Waals surface area contributed by atoms with Gasteiger partial charge in [0.1, 0.15) is 0 Å². The Morgan fingerprint density at radius 2 is 2.00 bits per heavy atom. The lowest BCUT2D eigenvalue weighted by atomic mass is 10.1. The van der Waals surface area contributed by atoms with E-state index in [1.165, 1.54) is 6.07 Å². The van der Waals surface area contributed by atoms with Gasteiger partial charge in [-0.05, 0) is 38.0 Å². The zero-order valence-corrected chi connectivity index (χ0v) is 13.3. The van der Waals surface area contributed by atoms with E-state index < -0.39 is 23.7 Å². The van der Waals surface area contributed by atoms with Crippen LogP contribution in [-0.4, -0.2) is 41.1 Å². The molecule has 1 atom stereocenters. The van der Waals surface area contributed by atoms with Crippen LogP contribution in [0.2, 0.25) is 5.02 Å². The molecule has 1 amide bonds. The largest absolute Gasteiger partial charge is 0.418 e. The van der Waals surface area contributed by atoms with Gasteiger partial charge in [0.15, 0.2) is 0 Å². The van der Waals surface area contributed by atoms with E-state index in [0.717, 1.165) is 12.1 Å². The molecule has 2 N–H and O–H groups in total. The molecule has 1 aromatic rings. The first-order valence-corrected chi connectivity index (χ1v) is 7.66. The first-order valence-electron chi connectivity index (χ1n) is 7.28. The van der Waals surface area contributed by atoms with Crippen molar-refractivity contribution in [1.82, 2.24) is 4.90 Å². The molecular formula is C15H18ClF3N2O2. The van der Waals surface area contributed by atoms with Crippen molar-refractivity contribution in [2.75, 3.05) is 18.4 Å². The highest BCUT2D eigenvalue weighted by molar-refractivity contribution is 6.30. The van der Waals surface area contributed by atoms with Gasteiger partial charge >= 0.3 is 6.18 Å². The van der Waals surface area contributed by atoms with Crippen LogP contribution in [0.4, 0.5) is 18.9 Å². The van der Waals surface area contributed by atoms with Crippen molar-refractivity contribution >= 4 is 23.2 Å². The number of benzene rings is 1. The van der Waals surface area contributed by atoms with Crippen LogP contribution in [0, 0.1) is 0 Å². The van der Waals surface area contributed by atoms with Crippen molar-refractivity contribution in [3.05, 3.63) is 28.8 Å². The predicted molar refractivity (Wildman–Crippen MR) is 81.4 cm³/mol. The van der Waals surface area contributed by atoms with Crippen molar-refractivity contribution < 1.29 is 23.1 Å². The van der Waals surface area contributed by atoms with E-state index in [-0.39, 0.29) is 16.8 Å². The van der Waals surface area contributed by atoms with E-state index in [4.69, 9.17) is 11.6 Å². The first kappa shape index (κ1) is 18.0. The van der Waals surface area contributed by atoms with E-state index in [1.807, 2.05) is 4.90 Å². The average Bonchev–Trinajstić information content (AvgIpc) is 2.48. The summed E-state index contributed by atoms with van der Waals surface area (Å²) in [6.45, 7) is 2.70. The molecule has 0 spiro atoms. The summed E-state index contributed by atoms with van der Waals surface area (Å²) in [5.74, 6) is -0.519. The highest BCUT2D eigenvalue weighted by Crippen LogP contribution is 2.36. The number of piperidine rings is 1. The second kappa shape index (κ2) is 7.07. The number of nitrogens with one attached hydrogen (secondary N) is 1. The van der Waals surface area contributed by atoms with Crippen molar-refractivity contribution in [3.8, 4) is 0 Å². The van der Waals surface area contributed by atoms with Crippen molar-refractivity contribution in [2.24, 2.45) is 0 Å². The third-order valence-electron chi connectivity index (χ3n) is 3.97. The number of alkyl halides is 3. The van der Waals surface area contributed by atoms with Gasteiger partial charge in [0.2, 0.25) is 5.91 Å². The lowest BCUT2D eigenvalue weighted by molar-refractivity contribution is -0.137. The van der Waals surface area contributed by atoms with Crippen LogP contribution in [0.5, 0.6) is 0 Å². The highest BCUT2D eigenvalue weighted by Gasteiger charge is 2.35. The maximum Gasteiger partial charge on any atom is 0.418 e. The van der Waals surface area contributed by atoms with Crippen LogP contribution in [0.15, 0.2) is 18.2 Å². The van der Waals surface area contributed by atoms with Gasteiger partial charge in [-0.3, -0.25) is 9.69 Å². The number of amides is 1. The minimum absolute atomic E-state index is 0.0478. The van der Waals surface area contributed by atoms with Crippen LogP contribution < -0.4 is 5.32 Å². The summed E-state index contributed by atoms with van der Waals surface area (Å²) in [5.41, 5.74) is -1.28. The lowest BCUT2D eigenvalue weighted by Crippen LogP contribution is -2.47. The number of likely N-dealkylation sites (tertiary alicyclic amines) is 1. The Labute approximate surface area is 137 Å². The first-order chi connectivity index (χ1) is 10.7. The molecule has 1 aliphatic heterocycles. The fraction of sp³-hybridized carbons (Fsp3) is 0.533. The molecule has 0 unspecified atom stereocenters. The van der Waals surface area contributed by atoms with Gasteiger partial charge < -0.3 is 10.4 Å². The number of aliphatic hydroxyl groups excluding tert-OH is 1. The van der Waals surface area contributed by atoms with E-state index in [1.54, 1.807) is 6.92 Å². The number of hydrogen-bond donors (Lipinski definition) is 2. The summed E-state index contributed by atoms with van der Waals surface area (Å²) in [5, 5.41) is 11.8. The molecule has 0 radical (unpaired) electrons. The van der Waals surface area contributed by atoms with Gasteiger partial charge in [0.05, 0.1) is 23.4 Å². The molecule has 23 heavy (non-hydrogen) atoms. The summed E-state index contributed by atoms with van der Waals surface area (Å²) < 4.78 is 39.1. The van der Waals surface area contributed by atoms with E-state index in [0.29, 0.717) is 25.9 Å². The maximum absolute atomic E-state index is 13.0. The van der Waals surface area contributed by atoms with Gasteiger partial charge in [-0.2, -0.15) is 13.2 Å². The number of aliphatic hydroxyl groups is 1. The molecule has 0 aliphatic carbocycles. The second-order valence-electron chi connectivity index (χ2n) is 5.62. The summed E-state index contributed by atoms with van der Waals surface area (Å²) in [6.07, 6.45) is -3.89. The van der Waals surface area contributed by atoms with Gasteiger partial charge in [-0.1, -0.05) is 11.6 Å². The average molecular weight is 351 g/mol. The van der Waals surface area contributed by atoms with E-state index >= 15 is 0 Å². The van der Waals surface area contributed by atoms with E-state index in [2.05, 4.69) is 5.32 Å². The molecule has 1 aromatic carbocycles. The standard InChI is InChI=1S/C15H18ClF3N2O2/c1-9(21-6-4-11(22)5-7-21)14(23)20-13-3-2-10(16)8-12(13)15(17,18)19/h2-3,8-9,11,22H,4-7H2,1H3,(H,20,23)/t9-/m0/s1. The molecule has 4 nitrogen and oxygen atoms in total. The highest BCUT2D eigenvalue weighted by atomic mass is 35.5. The Morgan fingerprint density at radius 1 is 1.39 bits per heavy atom. The van der Waals surface area contributed by atoms with Gasteiger partial charge in [0, 0.05) is 18.1 Å². The van der Waals surface area contributed by atoms with Gasteiger partial charge in [-0.25, -0.2) is 0 Å². The molecule has 0 saturated carbocycles. The fourth-order valence-electron chi connectivity index (χ4n) is 2.54. The van der Waals surface area contributed by atoms with Crippen LogP contribution in [0.25, 0.3) is 0 Å². The predicted octanol–water partition coefficient (Wildman–Crippen LogP) is 3.14. The zero-order chi connectivity index (χ0) is 17.2. The molecule has 1 aliphatic rings. The van der Waals surface area contributed by atoms with Gasteiger partial charge in [0.25, 0.3) is 0 Å². The Kier molecular flexibility index (Phi) is 5.54. The molecular weight excluding hydrogens is 333 g/mol. The quantitative estimate of drug-likeness (QED) is 0.880. The smallest absolute Gasteiger partial charge is 0.393 e. The number of hydrogen-bond acceptors (Lipinski definition) is 3. The number of carbonyl (C=O) groups excluding carboxylic acids is 1. The topological polar surface area (TPSA) is 52.6 Å². The Balaban J connectivity index is 2.11. The Morgan fingerprint density at radius 3 is 2.57 bits per heavy atom. The van der Waals surface area contributed by atoms with Crippen molar-refractivity contribution in [1.29, 1.82) is 0 Å². The summed E-state index contributed by atoms with van der Waals surface area (Å²) >= 11 is 5.61. The summed E-state index contributed by atoms with van der Waals surface area (Å²) in [7, 11) is 0. The Bertz CT molecular complexity index is 572. The lowest BCUT2D eigenvalue weighted by Gasteiger charge is -2.33. The number of halogens is 4. The number of anilines is 1. The summed E-state index contributed by atoms with van der Waals surface area (Å²) in [6, 6.07) is 2.66. The molecule has 2 rings (SSSR count). The maximum atomic E-state index is 13.0. The SMILES string of the molecule is C[C@@H](C(=O)Nc1ccc(Cl)cc1C(F)(F)F)N1CCC(O)CC1. The number of nitrogens with zero attached hydrogens (tertiary/aromatic N) is 1. The third-order valence-corrected chi connectivity index (χ3v) is 4.21. The minimum Gasteiger partial charge on any atom is -0.393 e. The zero-order valence-electron chi connectivity index (χ0n) is 12.5. The molecule has 8 heteroatoms. The Hall–Kier alpha value is -1.31. The molecule has 0 aromatic heterocycles. The number of carbonyl (C=O) groups is 1. The van der Waals surface area contributed by atoms with Gasteiger partial charge in [-0.15, -0.1) is 0 Å². The van der Waals surface area contributed by atoms with Crippen LogP contribution in [-0.2, 0) is 11.0 Å². The molecule has 1 saturated heterocycles. The van der Waals surface area contributed by atoms with E-state index in [9.17, 15) is 23.1 Å². The normalized spacial score (nSPS) is 18.7. The molecule has 128 valence electrons. The van der Waals surface area contributed by atoms with Crippen LogP contribution in [0.1, 0.15) is 25.3 Å². The minimum atomic E-state index is -4.61. The summed E-state index contributed by atoms with van der Waals surface area (Å²) in [4.78, 5) is 14.1.